The number of hydrogen-bond acceptors (Lipinski definition) is 2. The highest BCUT2D eigenvalue weighted by Gasteiger charge is 2.24. The first-order valence-electron chi connectivity index (χ1n) is 7.60. The molecular weight excluding hydrogens is 250 g/mol. The predicted octanol–water partition coefficient (Wildman–Crippen LogP) is 3.18. The largest absolute Gasteiger partial charge is 0.496 e. The Morgan fingerprint density at radius 1 is 1.35 bits per heavy atom. The minimum atomic E-state index is 0.219. The summed E-state index contributed by atoms with van der Waals surface area (Å²) in [5, 5.41) is 3.08. The molecule has 20 heavy (non-hydrogen) atoms. The molecule has 0 spiro atoms. The highest BCUT2D eigenvalue weighted by molar-refractivity contribution is 5.78. The van der Waals surface area contributed by atoms with Crippen molar-refractivity contribution >= 4 is 5.91 Å². The van der Waals surface area contributed by atoms with Crippen LogP contribution in [0.4, 0.5) is 0 Å². The van der Waals surface area contributed by atoms with Crippen LogP contribution in [0.5, 0.6) is 5.75 Å². The lowest BCUT2D eigenvalue weighted by atomic mass is 9.82. The van der Waals surface area contributed by atoms with E-state index in [1.165, 1.54) is 12.8 Å². The molecule has 2 unspecified atom stereocenters. The van der Waals surface area contributed by atoms with Gasteiger partial charge in [-0.05, 0) is 36.8 Å². The van der Waals surface area contributed by atoms with E-state index in [0.717, 1.165) is 30.6 Å². The lowest BCUT2D eigenvalue weighted by Gasteiger charge is -2.25. The Labute approximate surface area is 121 Å². The summed E-state index contributed by atoms with van der Waals surface area (Å²) in [6.45, 7) is 2.93. The Balaban J connectivity index is 1.79. The molecule has 1 aromatic rings. The second-order valence-electron chi connectivity index (χ2n) is 5.82. The Morgan fingerprint density at radius 2 is 2.15 bits per heavy atom. The molecule has 3 heteroatoms. The number of para-hydroxylation sites is 1. The van der Waals surface area contributed by atoms with Gasteiger partial charge in [-0.25, -0.2) is 0 Å². The monoisotopic (exact) mass is 275 g/mol. The molecule has 1 fully saturated rings. The third-order valence-corrected chi connectivity index (χ3v) is 4.19. The van der Waals surface area contributed by atoms with Gasteiger partial charge in [0.2, 0.25) is 5.91 Å². The van der Waals surface area contributed by atoms with Crippen LogP contribution in [0.15, 0.2) is 24.3 Å². The van der Waals surface area contributed by atoms with Crippen LogP contribution in [0.25, 0.3) is 0 Å². The maximum Gasteiger partial charge on any atom is 0.223 e. The number of benzene rings is 1. The fourth-order valence-corrected chi connectivity index (χ4v) is 3.05. The van der Waals surface area contributed by atoms with Gasteiger partial charge in [-0.15, -0.1) is 0 Å². The van der Waals surface area contributed by atoms with Crippen molar-refractivity contribution in [1.29, 1.82) is 0 Å². The quantitative estimate of drug-likeness (QED) is 0.896. The van der Waals surface area contributed by atoms with Crippen LogP contribution < -0.4 is 10.1 Å². The van der Waals surface area contributed by atoms with Gasteiger partial charge in [0.15, 0.2) is 0 Å². The van der Waals surface area contributed by atoms with Gasteiger partial charge >= 0.3 is 0 Å². The Bertz CT molecular complexity index is 444. The van der Waals surface area contributed by atoms with Crippen LogP contribution in [0.3, 0.4) is 0 Å². The van der Waals surface area contributed by atoms with Gasteiger partial charge in [-0.1, -0.05) is 38.0 Å². The van der Waals surface area contributed by atoms with E-state index in [-0.39, 0.29) is 11.8 Å². The molecule has 0 bridgehead atoms. The zero-order chi connectivity index (χ0) is 14.4. The summed E-state index contributed by atoms with van der Waals surface area (Å²) in [4.78, 5) is 12.1. The van der Waals surface area contributed by atoms with Crippen molar-refractivity contribution in [3.05, 3.63) is 29.8 Å². The molecule has 0 aliphatic heterocycles. The zero-order valence-corrected chi connectivity index (χ0v) is 12.5. The fourth-order valence-electron chi connectivity index (χ4n) is 3.05. The normalized spacial score (nSPS) is 22.3. The second kappa shape index (κ2) is 7.32. The van der Waals surface area contributed by atoms with Crippen molar-refractivity contribution in [3.8, 4) is 5.75 Å². The van der Waals surface area contributed by atoms with E-state index < -0.39 is 0 Å². The molecule has 0 heterocycles. The summed E-state index contributed by atoms with van der Waals surface area (Å²) in [5.74, 6) is 2.03. The molecule has 2 rings (SSSR count). The van der Waals surface area contributed by atoms with Crippen molar-refractivity contribution in [3.63, 3.8) is 0 Å². The van der Waals surface area contributed by atoms with Crippen molar-refractivity contribution in [1.82, 2.24) is 5.32 Å². The van der Waals surface area contributed by atoms with Crippen LogP contribution in [0.2, 0.25) is 0 Å². The first-order chi connectivity index (χ1) is 9.70. The van der Waals surface area contributed by atoms with Gasteiger partial charge in [0.1, 0.15) is 5.75 Å². The summed E-state index contributed by atoms with van der Waals surface area (Å²) >= 11 is 0. The summed E-state index contributed by atoms with van der Waals surface area (Å²) in [5.41, 5.74) is 1.15. The topological polar surface area (TPSA) is 38.3 Å². The number of hydrogen-bond donors (Lipinski definition) is 1. The first-order valence-corrected chi connectivity index (χ1v) is 7.60. The van der Waals surface area contributed by atoms with Gasteiger partial charge in [0.25, 0.3) is 0 Å². The van der Waals surface area contributed by atoms with E-state index in [1.54, 1.807) is 7.11 Å². The first kappa shape index (κ1) is 14.9. The minimum Gasteiger partial charge on any atom is -0.496 e. The summed E-state index contributed by atoms with van der Waals surface area (Å²) < 4.78 is 5.32. The highest BCUT2D eigenvalue weighted by Crippen LogP contribution is 2.28. The maximum absolute atomic E-state index is 12.1. The van der Waals surface area contributed by atoms with Gasteiger partial charge < -0.3 is 10.1 Å². The average molecular weight is 275 g/mol. The molecule has 0 radical (unpaired) electrons. The maximum atomic E-state index is 12.1. The lowest BCUT2D eigenvalue weighted by molar-refractivity contribution is -0.126. The SMILES string of the molecule is COc1ccccc1CCNC(=O)C1CCCC(C)C1. The molecule has 1 saturated carbocycles. The summed E-state index contributed by atoms with van der Waals surface area (Å²) in [6.07, 6.45) is 5.36. The predicted molar refractivity (Wildman–Crippen MR) is 80.8 cm³/mol. The van der Waals surface area contributed by atoms with E-state index in [4.69, 9.17) is 4.74 Å². The van der Waals surface area contributed by atoms with E-state index in [0.29, 0.717) is 12.5 Å². The Morgan fingerprint density at radius 3 is 2.90 bits per heavy atom. The van der Waals surface area contributed by atoms with Crippen molar-refractivity contribution in [2.24, 2.45) is 11.8 Å². The summed E-state index contributed by atoms with van der Waals surface area (Å²) in [7, 11) is 1.68. The number of carbonyl (C=O) groups excluding carboxylic acids is 1. The third-order valence-electron chi connectivity index (χ3n) is 4.19. The van der Waals surface area contributed by atoms with Crippen molar-refractivity contribution < 1.29 is 9.53 Å². The molecule has 1 aliphatic carbocycles. The van der Waals surface area contributed by atoms with Crippen molar-refractivity contribution in [2.45, 2.75) is 39.0 Å². The van der Waals surface area contributed by atoms with E-state index in [1.807, 2.05) is 24.3 Å². The molecule has 3 nitrogen and oxygen atoms in total. The molecular formula is C17H25NO2. The van der Waals surface area contributed by atoms with Gasteiger partial charge in [0, 0.05) is 12.5 Å². The molecule has 2 atom stereocenters. The average Bonchev–Trinajstić information content (AvgIpc) is 2.47. The molecule has 1 aliphatic rings. The molecule has 1 N–H and O–H groups in total. The second-order valence-corrected chi connectivity index (χ2v) is 5.82. The van der Waals surface area contributed by atoms with Crippen LogP contribution in [0, 0.1) is 11.8 Å². The summed E-state index contributed by atoms with van der Waals surface area (Å²) in [6, 6.07) is 7.97. The third kappa shape index (κ3) is 3.99. The number of nitrogens with one attached hydrogen (secondary N) is 1. The van der Waals surface area contributed by atoms with Crippen LogP contribution in [-0.2, 0) is 11.2 Å². The number of amides is 1. The number of carbonyl (C=O) groups is 1. The van der Waals surface area contributed by atoms with Gasteiger partial charge in [-0.3, -0.25) is 4.79 Å². The number of rotatable bonds is 5. The molecule has 0 aromatic heterocycles. The minimum absolute atomic E-state index is 0.219. The molecule has 0 saturated heterocycles. The smallest absolute Gasteiger partial charge is 0.223 e. The van der Waals surface area contributed by atoms with Crippen LogP contribution >= 0.6 is 0 Å². The van der Waals surface area contributed by atoms with Gasteiger partial charge in [0.05, 0.1) is 7.11 Å². The lowest BCUT2D eigenvalue weighted by Crippen LogP contribution is -2.34. The van der Waals surface area contributed by atoms with Crippen molar-refractivity contribution in [2.75, 3.05) is 13.7 Å². The number of methoxy groups -OCH3 is 1. The van der Waals surface area contributed by atoms with Gasteiger partial charge in [-0.2, -0.15) is 0 Å². The Kier molecular flexibility index (Phi) is 5.45. The highest BCUT2D eigenvalue weighted by atomic mass is 16.5. The van der Waals surface area contributed by atoms with Crippen LogP contribution in [-0.4, -0.2) is 19.6 Å². The van der Waals surface area contributed by atoms with E-state index >= 15 is 0 Å². The molecule has 1 aromatic carbocycles. The molecule has 1 amide bonds. The Hall–Kier alpha value is -1.51. The zero-order valence-electron chi connectivity index (χ0n) is 12.5. The van der Waals surface area contributed by atoms with Crippen LogP contribution in [0.1, 0.15) is 38.2 Å². The van der Waals surface area contributed by atoms with E-state index in [2.05, 4.69) is 12.2 Å². The fraction of sp³-hybridized carbons (Fsp3) is 0.588. The number of ether oxygens (including phenoxy) is 1. The molecule has 110 valence electrons. The standard InChI is InChI=1S/C17H25NO2/c1-13-6-5-8-15(12-13)17(19)18-11-10-14-7-3-4-9-16(14)20-2/h3-4,7,9,13,15H,5-6,8,10-12H2,1-2H3,(H,18,19). The van der Waals surface area contributed by atoms with E-state index in [9.17, 15) is 4.79 Å².